The molecule has 0 fully saturated rings. The van der Waals surface area contributed by atoms with Crippen molar-refractivity contribution < 1.29 is 9.84 Å². The zero-order chi connectivity index (χ0) is 13.2. The number of para-hydroxylation sites is 1. The van der Waals surface area contributed by atoms with Gasteiger partial charge in [-0.2, -0.15) is 0 Å². The summed E-state index contributed by atoms with van der Waals surface area (Å²) < 4.78 is 5.64. The molecule has 0 aliphatic heterocycles. The second kappa shape index (κ2) is 9.20. The first-order valence-corrected chi connectivity index (χ1v) is 6.86. The van der Waals surface area contributed by atoms with Crippen molar-refractivity contribution in [1.29, 1.82) is 0 Å². The number of aliphatic hydroxyl groups excluding tert-OH is 1. The average Bonchev–Trinajstić information content (AvgIpc) is 2.38. The highest BCUT2D eigenvalue weighted by Crippen LogP contribution is 2.22. The van der Waals surface area contributed by atoms with Crippen LogP contribution in [0.1, 0.15) is 19.8 Å². The van der Waals surface area contributed by atoms with Crippen LogP contribution >= 0.6 is 11.6 Å². The van der Waals surface area contributed by atoms with Gasteiger partial charge in [0, 0.05) is 13.1 Å². The SMILES string of the molecule is CCCCN(CCO)CCOc1ccccc1Cl. The Labute approximate surface area is 114 Å². The van der Waals surface area contributed by atoms with Crippen LogP contribution in [0.4, 0.5) is 0 Å². The fraction of sp³-hybridized carbons (Fsp3) is 0.571. The van der Waals surface area contributed by atoms with Crippen LogP contribution in [0, 0.1) is 0 Å². The third-order valence-corrected chi connectivity index (χ3v) is 3.06. The predicted molar refractivity (Wildman–Crippen MR) is 75.4 cm³/mol. The minimum Gasteiger partial charge on any atom is -0.491 e. The van der Waals surface area contributed by atoms with Crippen molar-refractivity contribution in [2.24, 2.45) is 0 Å². The molecule has 0 amide bonds. The van der Waals surface area contributed by atoms with Gasteiger partial charge in [-0.1, -0.05) is 37.1 Å². The molecule has 1 aromatic carbocycles. The lowest BCUT2D eigenvalue weighted by atomic mass is 10.3. The van der Waals surface area contributed by atoms with E-state index < -0.39 is 0 Å². The van der Waals surface area contributed by atoms with Gasteiger partial charge in [0.25, 0.3) is 0 Å². The lowest BCUT2D eigenvalue weighted by Gasteiger charge is -2.21. The summed E-state index contributed by atoms with van der Waals surface area (Å²) in [6.07, 6.45) is 2.30. The molecule has 0 aromatic heterocycles. The summed E-state index contributed by atoms with van der Waals surface area (Å²) in [4.78, 5) is 2.21. The molecule has 1 N–H and O–H groups in total. The van der Waals surface area contributed by atoms with Gasteiger partial charge in [-0.25, -0.2) is 0 Å². The summed E-state index contributed by atoms with van der Waals surface area (Å²) in [5, 5.41) is 9.63. The first kappa shape index (κ1) is 15.3. The molecule has 0 atom stereocenters. The van der Waals surface area contributed by atoms with E-state index in [1.807, 2.05) is 24.3 Å². The summed E-state index contributed by atoms with van der Waals surface area (Å²) in [6, 6.07) is 7.47. The molecule has 0 spiro atoms. The summed E-state index contributed by atoms with van der Waals surface area (Å²) in [5.74, 6) is 0.721. The van der Waals surface area contributed by atoms with Crippen molar-refractivity contribution in [3.63, 3.8) is 0 Å². The quantitative estimate of drug-likeness (QED) is 0.750. The van der Waals surface area contributed by atoms with Crippen molar-refractivity contribution in [3.8, 4) is 5.75 Å². The van der Waals surface area contributed by atoms with Crippen LogP contribution in [-0.2, 0) is 0 Å². The number of benzene rings is 1. The first-order valence-electron chi connectivity index (χ1n) is 6.48. The Hall–Kier alpha value is -0.770. The Morgan fingerprint density at radius 3 is 2.67 bits per heavy atom. The molecule has 0 saturated heterocycles. The van der Waals surface area contributed by atoms with Crippen LogP contribution < -0.4 is 4.74 Å². The van der Waals surface area contributed by atoms with Crippen molar-refractivity contribution in [2.45, 2.75) is 19.8 Å². The number of rotatable bonds is 9. The smallest absolute Gasteiger partial charge is 0.137 e. The van der Waals surface area contributed by atoms with Crippen molar-refractivity contribution in [3.05, 3.63) is 29.3 Å². The molecule has 1 rings (SSSR count). The average molecular weight is 272 g/mol. The first-order chi connectivity index (χ1) is 8.77. The van der Waals surface area contributed by atoms with E-state index in [9.17, 15) is 0 Å². The highest BCUT2D eigenvalue weighted by molar-refractivity contribution is 6.32. The molecule has 0 unspecified atom stereocenters. The largest absolute Gasteiger partial charge is 0.491 e. The maximum absolute atomic E-state index is 8.99. The van der Waals surface area contributed by atoms with Crippen LogP contribution in [0.3, 0.4) is 0 Å². The highest BCUT2D eigenvalue weighted by atomic mass is 35.5. The van der Waals surface area contributed by atoms with Crippen molar-refractivity contribution in [2.75, 3.05) is 32.8 Å². The minimum atomic E-state index is 0.190. The maximum Gasteiger partial charge on any atom is 0.137 e. The number of ether oxygens (including phenoxy) is 1. The molecule has 0 aliphatic rings. The third-order valence-electron chi connectivity index (χ3n) is 2.75. The van der Waals surface area contributed by atoms with Crippen molar-refractivity contribution >= 4 is 11.6 Å². The predicted octanol–water partition coefficient (Wildman–Crippen LogP) is 2.81. The molecule has 4 heteroatoms. The molecule has 1 aromatic rings. The number of hydrogen-bond donors (Lipinski definition) is 1. The fourth-order valence-electron chi connectivity index (χ4n) is 1.71. The Morgan fingerprint density at radius 1 is 1.22 bits per heavy atom. The molecule has 0 radical (unpaired) electrons. The van der Waals surface area contributed by atoms with E-state index in [0.717, 1.165) is 31.7 Å². The molecule has 0 saturated carbocycles. The maximum atomic E-state index is 8.99. The fourth-order valence-corrected chi connectivity index (χ4v) is 1.90. The van der Waals surface area contributed by atoms with Crippen LogP contribution in [-0.4, -0.2) is 42.9 Å². The number of aliphatic hydroxyl groups is 1. The van der Waals surface area contributed by atoms with E-state index in [-0.39, 0.29) is 6.61 Å². The Bertz CT molecular complexity index is 333. The standard InChI is InChI=1S/C14H22ClNO2/c1-2-3-8-16(9-11-17)10-12-18-14-7-5-4-6-13(14)15/h4-7,17H,2-3,8-12H2,1H3. The Morgan fingerprint density at radius 2 is 2.00 bits per heavy atom. The number of nitrogens with zero attached hydrogens (tertiary/aromatic N) is 1. The zero-order valence-electron chi connectivity index (χ0n) is 10.9. The van der Waals surface area contributed by atoms with E-state index in [0.29, 0.717) is 18.2 Å². The summed E-state index contributed by atoms with van der Waals surface area (Å²) in [6.45, 7) is 5.46. The second-order valence-electron chi connectivity index (χ2n) is 4.20. The molecular formula is C14H22ClNO2. The Balaban J connectivity index is 2.31. The zero-order valence-corrected chi connectivity index (χ0v) is 11.7. The van der Waals surface area contributed by atoms with Crippen molar-refractivity contribution in [1.82, 2.24) is 4.90 Å². The van der Waals surface area contributed by atoms with Gasteiger partial charge in [-0.05, 0) is 25.1 Å². The van der Waals surface area contributed by atoms with Gasteiger partial charge in [-0.15, -0.1) is 0 Å². The van der Waals surface area contributed by atoms with E-state index >= 15 is 0 Å². The van der Waals surface area contributed by atoms with Gasteiger partial charge >= 0.3 is 0 Å². The van der Waals surface area contributed by atoms with E-state index in [1.165, 1.54) is 0 Å². The molecule has 0 bridgehead atoms. The van der Waals surface area contributed by atoms with Gasteiger partial charge in [-0.3, -0.25) is 4.90 Å². The summed E-state index contributed by atoms with van der Waals surface area (Å²) in [7, 11) is 0. The number of unbranched alkanes of at least 4 members (excludes halogenated alkanes) is 1. The third kappa shape index (κ3) is 5.71. The topological polar surface area (TPSA) is 32.7 Å². The van der Waals surface area contributed by atoms with Gasteiger partial charge in [0.05, 0.1) is 11.6 Å². The minimum absolute atomic E-state index is 0.190. The molecule has 18 heavy (non-hydrogen) atoms. The van der Waals surface area contributed by atoms with Gasteiger partial charge in [0.2, 0.25) is 0 Å². The lowest BCUT2D eigenvalue weighted by Crippen LogP contribution is -2.32. The van der Waals surface area contributed by atoms with Crippen LogP contribution in [0.25, 0.3) is 0 Å². The molecule has 102 valence electrons. The normalized spacial score (nSPS) is 10.9. The summed E-state index contributed by atoms with van der Waals surface area (Å²) >= 11 is 6.01. The van der Waals surface area contributed by atoms with Crippen LogP contribution in [0.15, 0.2) is 24.3 Å². The molecular weight excluding hydrogens is 250 g/mol. The number of hydrogen-bond acceptors (Lipinski definition) is 3. The van der Waals surface area contributed by atoms with Gasteiger partial charge in [0.1, 0.15) is 12.4 Å². The summed E-state index contributed by atoms with van der Waals surface area (Å²) in [5.41, 5.74) is 0. The van der Waals surface area contributed by atoms with E-state index in [2.05, 4.69) is 11.8 Å². The Kier molecular flexibility index (Phi) is 7.81. The lowest BCUT2D eigenvalue weighted by molar-refractivity contribution is 0.167. The van der Waals surface area contributed by atoms with Crippen LogP contribution in [0.5, 0.6) is 5.75 Å². The highest BCUT2D eigenvalue weighted by Gasteiger charge is 2.05. The molecule has 0 aliphatic carbocycles. The second-order valence-corrected chi connectivity index (χ2v) is 4.60. The molecule has 0 heterocycles. The van der Waals surface area contributed by atoms with Gasteiger partial charge in [0.15, 0.2) is 0 Å². The monoisotopic (exact) mass is 271 g/mol. The molecule has 3 nitrogen and oxygen atoms in total. The number of halogens is 1. The van der Waals surface area contributed by atoms with Gasteiger partial charge < -0.3 is 9.84 Å². The van der Waals surface area contributed by atoms with E-state index in [1.54, 1.807) is 0 Å². The van der Waals surface area contributed by atoms with Crippen LogP contribution in [0.2, 0.25) is 5.02 Å². The van der Waals surface area contributed by atoms with E-state index in [4.69, 9.17) is 21.4 Å².